The van der Waals surface area contributed by atoms with E-state index >= 15 is 0 Å². The van der Waals surface area contributed by atoms with Crippen molar-refractivity contribution >= 4 is 33.4 Å². The van der Waals surface area contributed by atoms with E-state index < -0.39 is 0 Å². The lowest BCUT2D eigenvalue weighted by Crippen LogP contribution is -2.12. The molecule has 0 atom stereocenters. The Labute approximate surface area is 169 Å². The number of hydrogen-bond acceptors (Lipinski definition) is 3. The standard InChI is InChI=1S/C23H25N3O3/c1-28-14-12-25-11-10-18-20(7-5-9-22(18)25)24-23(27)19-16-26(13-15-29-2)21-8-4-3-6-17(19)21/h3-11,16H,12-15H2,1-2H3,(H,24,27). The van der Waals surface area contributed by atoms with Crippen molar-refractivity contribution in [1.29, 1.82) is 0 Å². The van der Waals surface area contributed by atoms with E-state index in [4.69, 9.17) is 9.47 Å². The van der Waals surface area contributed by atoms with Crippen molar-refractivity contribution in [3.8, 4) is 0 Å². The van der Waals surface area contributed by atoms with E-state index in [-0.39, 0.29) is 5.91 Å². The second-order valence-electron chi connectivity index (χ2n) is 6.94. The summed E-state index contributed by atoms with van der Waals surface area (Å²) < 4.78 is 14.6. The summed E-state index contributed by atoms with van der Waals surface area (Å²) in [6.45, 7) is 2.70. The molecule has 4 rings (SSSR count). The number of rotatable bonds is 8. The van der Waals surface area contributed by atoms with Gasteiger partial charge in [0.15, 0.2) is 0 Å². The Balaban J connectivity index is 1.66. The molecule has 6 heteroatoms. The van der Waals surface area contributed by atoms with Gasteiger partial charge in [-0.3, -0.25) is 4.79 Å². The third kappa shape index (κ3) is 3.77. The molecule has 2 aromatic heterocycles. The van der Waals surface area contributed by atoms with Crippen LogP contribution >= 0.6 is 0 Å². The van der Waals surface area contributed by atoms with Crippen LogP contribution in [0.4, 0.5) is 5.69 Å². The Morgan fingerprint density at radius 1 is 0.862 bits per heavy atom. The van der Waals surface area contributed by atoms with E-state index in [0.29, 0.717) is 25.3 Å². The van der Waals surface area contributed by atoms with Gasteiger partial charge in [-0.2, -0.15) is 0 Å². The fraction of sp³-hybridized carbons (Fsp3) is 0.261. The van der Waals surface area contributed by atoms with Crippen LogP contribution < -0.4 is 5.32 Å². The Hall–Kier alpha value is -3.09. The SMILES string of the molecule is COCCn1ccc2c(NC(=O)c3cn(CCOC)c4ccccc34)cccc21. The number of nitrogens with one attached hydrogen (secondary N) is 1. The number of aromatic nitrogens is 2. The summed E-state index contributed by atoms with van der Waals surface area (Å²) in [6.07, 6.45) is 3.93. The summed E-state index contributed by atoms with van der Waals surface area (Å²) in [5.41, 5.74) is 3.56. The molecular formula is C23H25N3O3. The van der Waals surface area contributed by atoms with Crippen molar-refractivity contribution in [3.05, 3.63) is 66.5 Å². The second-order valence-corrected chi connectivity index (χ2v) is 6.94. The molecule has 0 spiro atoms. The minimum atomic E-state index is -0.116. The maximum absolute atomic E-state index is 13.2. The van der Waals surface area contributed by atoms with Crippen molar-refractivity contribution in [2.75, 3.05) is 32.8 Å². The third-order valence-corrected chi connectivity index (χ3v) is 5.17. The highest BCUT2D eigenvalue weighted by Crippen LogP contribution is 2.27. The second kappa shape index (κ2) is 8.51. The number of anilines is 1. The first-order chi connectivity index (χ1) is 14.2. The highest BCUT2D eigenvalue weighted by atomic mass is 16.5. The molecule has 0 aliphatic heterocycles. The molecule has 1 N–H and O–H groups in total. The zero-order valence-electron chi connectivity index (χ0n) is 16.7. The minimum Gasteiger partial charge on any atom is -0.383 e. The normalized spacial score (nSPS) is 11.4. The first kappa shape index (κ1) is 19.2. The molecule has 2 heterocycles. The van der Waals surface area contributed by atoms with Crippen molar-refractivity contribution in [2.24, 2.45) is 0 Å². The van der Waals surface area contributed by atoms with E-state index in [9.17, 15) is 4.79 Å². The van der Waals surface area contributed by atoms with Crippen LogP contribution in [0, 0.1) is 0 Å². The van der Waals surface area contributed by atoms with Gasteiger partial charge < -0.3 is 23.9 Å². The first-order valence-corrected chi connectivity index (χ1v) is 9.68. The van der Waals surface area contributed by atoms with Crippen molar-refractivity contribution in [2.45, 2.75) is 13.1 Å². The van der Waals surface area contributed by atoms with Gasteiger partial charge >= 0.3 is 0 Å². The van der Waals surface area contributed by atoms with Gasteiger partial charge in [-0.1, -0.05) is 24.3 Å². The summed E-state index contributed by atoms with van der Waals surface area (Å²) >= 11 is 0. The van der Waals surface area contributed by atoms with E-state index in [1.807, 2.05) is 54.9 Å². The van der Waals surface area contributed by atoms with Crippen LogP contribution in [0.2, 0.25) is 0 Å². The molecule has 0 bridgehead atoms. The Morgan fingerprint density at radius 2 is 1.55 bits per heavy atom. The Bertz CT molecular complexity index is 1140. The maximum atomic E-state index is 13.2. The van der Waals surface area contributed by atoms with Crippen LogP contribution in [-0.2, 0) is 22.6 Å². The zero-order valence-corrected chi connectivity index (χ0v) is 16.7. The Kier molecular flexibility index (Phi) is 5.64. The average Bonchev–Trinajstić information content (AvgIpc) is 3.33. The Morgan fingerprint density at radius 3 is 2.34 bits per heavy atom. The summed E-state index contributed by atoms with van der Waals surface area (Å²) in [7, 11) is 3.37. The van der Waals surface area contributed by atoms with Crippen LogP contribution in [0.5, 0.6) is 0 Å². The van der Waals surface area contributed by atoms with Gasteiger partial charge in [0.2, 0.25) is 0 Å². The molecule has 0 unspecified atom stereocenters. The lowest BCUT2D eigenvalue weighted by Gasteiger charge is -2.08. The highest BCUT2D eigenvalue weighted by molar-refractivity contribution is 6.15. The molecule has 0 saturated heterocycles. The molecule has 2 aromatic carbocycles. The van der Waals surface area contributed by atoms with Gasteiger partial charge in [-0.15, -0.1) is 0 Å². The quantitative estimate of drug-likeness (QED) is 0.491. The molecule has 0 aliphatic rings. The van der Waals surface area contributed by atoms with Crippen LogP contribution in [0.25, 0.3) is 21.8 Å². The molecule has 6 nitrogen and oxygen atoms in total. The molecule has 0 saturated carbocycles. The lowest BCUT2D eigenvalue weighted by atomic mass is 10.1. The fourth-order valence-corrected chi connectivity index (χ4v) is 3.71. The smallest absolute Gasteiger partial charge is 0.257 e. The number of benzene rings is 2. The summed E-state index contributed by atoms with van der Waals surface area (Å²) in [6, 6.07) is 15.9. The third-order valence-electron chi connectivity index (χ3n) is 5.17. The van der Waals surface area contributed by atoms with Crippen LogP contribution in [0.3, 0.4) is 0 Å². The number of para-hydroxylation sites is 1. The maximum Gasteiger partial charge on any atom is 0.257 e. The molecule has 0 radical (unpaired) electrons. The van der Waals surface area contributed by atoms with Crippen LogP contribution in [0.15, 0.2) is 60.9 Å². The largest absolute Gasteiger partial charge is 0.383 e. The predicted octanol–water partition coefficient (Wildman–Crippen LogP) is 4.14. The number of carbonyl (C=O) groups is 1. The van der Waals surface area contributed by atoms with Crippen LogP contribution in [-0.4, -0.2) is 42.5 Å². The zero-order chi connectivity index (χ0) is 20.2. The number of amides is 1. The molecule has 1 amide bonds. The van der Waals surface area contributed by atoms with Gasteiger partial charge in [0.1, 0.15) is 0 Å². The lowest BCUT2D eigenvalue weighted by molar-refractivity contribution is 0.102. The monoisotopic (exact) mass is 391 g/mol. The predicted molar refractivity (Wildman–Crippen MR) is 116 cm³/mol. The summed E-state index contributed by atoms with van der Waals surface area (Å²) in [5.74, 6) is -0.116. The fourth-order valence-electron chi connectivity index (χ4n) is 3.71. The van der Waals surface area contributed by atoms with Crippen molar-refractivity contribution < 1.29 is 14.3 Å². The molecule has 29 heavy (non-hydrogen) atoms. The van der Waals surface area contributed by atoms with Crippen molar-refractivity contribution in [1.82, 2.24) is 9.13 Å². The molecule has 4 aromatic rings. The number of carbonyl (C=O) groups excluding carboxylic acids is 1. The van der Waals surface area contributed by atoms with Crippen LogP contribution in [0.1, 0.15) is 10.4 Å². The topological polar surface area (TPSA) is 57.4 Å². The van der Waals surface area contributed by atoms with E-state index in [1.54, 1.807) is 14.2 Å². The summed E-state index contributed by atoms with van der Waals surface area (Å²) in [4.78, 5) is 13.2. The minimum absolute atomic E-state index is 0.116. The number of methoxy groups -OCH3 is 2. The van der Waals surface area contributed by atoms with Crippen molar-refractivity contribution in [3.63, 3.8) is 0 Å². The van der Waals surface area contributed by atoms with E-state index in [2.05, 4.69) is 20.5 Å². The van der Waals surface area contributed by atoms with E-state index in [0.717, 1.165) is 34.0 Å². The molecule has 150 valence electrons. The number of nitrogens with zero attached hydrogens (tertiary/aromatic N) is 2. The first-order valence-electron chi connectivity index (χ1n) is 9.68. The van der Waals surface area contributed by atoms with Gasteiger partial charge in [-0.05, 0) is 24.3 Å². The average molecular weight is 391 g/mol. The van der Waals surface area contributed by atoms with E-state index in [1.165, 1.54) is 0 Å². The highest BCUT2D eigenvalue weighted by Gasteiger charge is 2.16. The van der Waals surface area contributed by atoms with Gasteiger partial charge in [0, 0.05) is 56.0 Å². The molecule has 0 fully saturated rings. The van der Waals surface area contributed by atoms with Gasteiger partial charge in [0.05, 0.1) is 30.0 Å². The summed E-state index contributed by atoms with van der Waals surface area (Å²) in [5, 5.41) is 5.05. The molecular weight excluding hydrogens is 366 g/mol. The number of ether oxygens (including phenoxy) is 2. The van der Waals surface area contributed by atoms with Gasteiger partial charge in [0.25, 0.3) is 5.91 Å². The number of fused-ring (bicyclic) bond motifs is 2. The number of hydrogen-bond donors (Lipinski definition) is 1. The molecule has 0 aliphatic carbocycles. The van der Waals surface area contributed by atoms with Gasteiger partial charge in [-0.25, -0.2) is 0 Å².